The minimum Gasteiger partial charge on any atom is -0.392 e. The van der Waals surface area contributed by atoms with Gasteiger partial charge in [0.15, 0.2) is 0 Å². The molecule has 0 fully saturated rings. The first-order chi connectivity index (χ1) is 8.11. The van der Waals surface area contributed by atoms with Crippen LogP contribution in [0.4, 0.5) is 10.1 Å². The molecule has 0 aliphatic carbocycles. The molecule has 0 atom stereocenters. The van der Waals surface area contributed by atoms with Crippen LogP contribution in [0.1, 0.15) is 19.4 Å². The lowest BCUT2D eigenvalue weighted by Crippen LogP contribution is -2.35. The summed E-state index contributed by atoms with van der Waals surface area (Å²) in [5.74, 6) is -0.304. The van der Waals surface area contributed by atoms with E-state index < -0.39 is 0 Å². The molecule has 0 aliphatic rings. The lowest BCUT2D eigenvalue weighted by atomic mass is 10.1. The highest BCUT2D eigenvalue weighted by atomic mass is 19.1. The quantitative estimate of drug-likeness (QED) is 0.828. The van der Waals surface area contributed by atoms with Gasteiger partial charge in [-0.05, 0) is 19.9 Å². The molecule has 4 heteroatoms. The van der Waals surface area contributed by atoms with Gasteiger partial charge in [0, 0.05) is 25.3 Å². The van der Waals surface area contributed by atoms with Gasteiger partial charge in [-0.1, -0.05) is 12.1 Å². The van der Waals surface area contributed by atoms with E-state index in [9.17, 15) is 9.50 Å². The molecular weight excluding hydrogens is 221 g/mol. The number of hydrogen-bond acceptors (Lipinski definition) is 3. The molecule has 1 rings (SSSR count). The first kappa shape index (κ1) is 13.9. The van der Waals surface area contributed by atoms with Crippen LogP contribution < -0.4 is 4.90 Å². The Bertz CT molecular complexity index is 355. The number of ether oxygens (including phenoxy) is 1. The Labute approximate surface area is 102 Å². The zero-order valence-electron chi connectivity index (χ0n) is 10.6. The number of anilines is 1. The van der Waals surface area contributed by atoms with Crippen LogP contribution in [0.15, 0.2) is 18.2 Å². The third-order valence-electron chi connectivity index (χ3n) is 2.69. The molecule has 0 aliphatic heterocycles. The van der Waals surface area contributed by atoms with Crippen LogP contribution in [-0.4, -0.2) is 31.4 Å². The standard InChI is InChI=1S/C13H20FNO2/c1-10(2)15(7-8-17-3)13-11(9-16)5-4-6-12(13)14/h4-6,10,16H,7-9H2,1-3H3. The van der Waals surface area contributed by atoms with Gasteiger partial charge < -0.3 is 14.7 Å². The summed E-state index contributed by atoms with van der Waals surface area (Å²) >= 11 is 0. The predicted molar refractivity (Wildman–Crippen MR) is 66.7 cm³/mol. The number of nitrogens with zero attached hydrogens (tertiary/aromatic N) is 1. The Hall–Kier alpha value is -1.13. The SMILES string of the molecule is COCCN(c1c(F)cccc1CO)C(C)C. The molecule has 0 bridgehead atoms. The number of aliphatic hydroxyl groups is 1. The minimum atomic E-state index is -0.304. The lowest BCUT2D eigenvalue weighted by molar-refractivity contribution is 0.203. The number of benzene rings is 1. The summed E-state index contributed by atoms with van der Waals surface area (Å²) in [6, 6.07) is 4.91. The highest BCUT2D eigenvalue weighted by Gasteiger charge is 2.17. The van der Waals surface area contributed by atoms with Crippen molar-refractivity contribution in [3.63, 3.8) is 0 Å². The molecule has 0 spiro atoms. The molecule has 1 aromatic rings. The van der Waals surface area contributed by atoms with Crippen molar-refractivity contribution in [1.29, 1.82) is 0 Å². The van der Waals surface area contributed by atoms with Crippen LogP contribution in [-0.2, 0) is 11.3 Å². The Morgan fingerprint density at radius 1 is 1.41 bits per heavy atom. The van der Waals surface area contributed by atoms with E-state index in [-0.39, 0.29) is 18.5 Å². The second-order valence-corrected chi connectivity index (χ2v) is 4.19. The van der Waals surface area contributed by atoms with Crippen LogP contribution in [0.5, 0.6) is 0 Å². The third-order valence-corrected chi connectivity index (χ3v) is 2.69. The van der Waals surface area contributed by atoms with E-state index in [2.05, 4.69) is 0 Å². The van der Waals surface area contributed by atoms with Crippen LogP contribution in [0, 0.1) is 5.82 Å². The van der Waals surface area contributed by atoms with Crippen molar-refractivity contribution in [2.24, 2.45) is 0 Å². The first-order valence-electron chi connectivity index (χ1n) is 5.75. The molecule has 1 aromatic carbocycles. The number of para-hydroxylation sites is 1. The topological polar surface area (TPSA) is 32.7 Å². The van der Waals surface area contributed by atoms with Crippen molar-refractivity contribution < 1.29 is 14.2 Å². The lowest BCUT2D eigenvalue weighted by Gasteiger charge is -2.30. The Balaban J connectivity index is 3.07. The van der Waals surface area contributed by atoms with Gasteiger partial charge in [0.1, 0.15) is 5.82 Å². The Kier molecular flexibility index (Phi) is 5.38. The van der Waals surface area contributed by atoms with Crippen LogP contribution >= 0.6 is 0 Å². The van der Waals surface area contributed by atoms with Gasteiger partial charge in [-0.15, -0.1) is 0 Å². The average Bonchev–Trinajstić information content (AvgIpc) is 2.30. The highest BCUT2D eigenvalue weighted by molar-refractivity contribution is 5.55. The number of hydrogen-bond donors (Lipinski definition) is 1. The van der Waals surface area contributed by atoms with Crippen LogP contribution in [0.3, 0.4) is 0 Å². The zero-order chi connectivity index (χ0) is 12.8. The van der Waals surface area contributed by atoms with Crippen molar-refractivity contribution in [2.75, 3.05) is 25.2 Å². The minimum absolute atomic E-state index is 0.146. The molecule has 0 aromatic heterocycles. The predicted octanol–water partition coefficient (Wildman–Crippen LogP) is 2.18. The second kappa shape index (κ2) is 6.57. The monoisotopic (exact) mass is 241 g/mol. The van der Waals surface area contributed by atoms with E-state index in [1.165, 1.54) is 6.07 Å². The summed E-state index contributed by atoms with van der Waals surface area (Å²) in [6.45, 7) is 4.94. The fourth-order valence-electron chi connectivity index (χ4n) is 1.83. The number of halogens is 1. The Morgan fingerprint density at radius 2 is 2.12 bits per heavy atom. The highest BCUT2D eigenvalue weighted by Crippen LogP contribution is 2.26. The maximum absolute atomic E-state index is 13.9. The zero-order valence-corrected chi connectivity index (χ0v) is 10.6. The first-order valence-corrected chi connectivity index (χ1v) is 5.75. The Morgan fingerprint density at radius 3 is 2.65 bits per heavy atom. The largest absolute Gasteiger partial charge is 0.392 e. The third kappa shape index (κ3) is 3.41. The normalized spacial score (nSPS) is 10.9. The van der Waals surface area contributed by atoms with E-state index in [0.717, 1.165) is 0 Å². The molecule has 0 radical (unpaired) electrons. The van der Waals surface area contributed by atoms with Crippen molar-refractivity contribution in [2.45, 2.75) is 26.5 Å². The van der Waals surface area contributed by atoms with Gasteiger partial charge >= 0.3 is 0 Å². The number of rotatable bonds is 6. The molecule has 0 amide bonds. The summed E-state index contributed by atoms with van der Waals surface area (Å²) in [6.07, 6.45) is 0. The summed E-state index contributed by atoms with van der Waals surface area (Å²) < 4.78 is 18.9. The van der Waals surface area contributed by atoms with E-state index in [1.54, 1.807) is 19.2 Å². The van der Waals surface area contributed by atoms with Crippen LogP contribution in [0.25, 0.3) is 0 Å². The number of methoxy groups -OCH3 is 1. The molecule has 1 N–H and O–H groups in total. The van der Waals surface area contributed by atoms with Crippen molar-refractivity contribution >= 4 is 5.69 Å². The van der Waals surface area contributed by atoms with Crippen LogP contribution in [0.2, 0.25) is 0 Å². The summed E-state index contributed by atoms with van der Waals surface area (Å²) in [5, 5.41) is 9.27. The maximum Gasteiger partial charge on any atom is 0.146 e. The summed E-state index contributed by atoms with van der Waals surface area (Å²) in [5.41, 5.74) is 1.08. The van der Waals surface area contributed by atoms with Gasteiger partial charge in [0.2, 0.25) is 0 Å². The molecule has 0 saturated heterocycles. The molecule has 0 heterocycles. The molecule has 0 unspecified atom stereocenters. The van der Waals surface area contributed by atoms with E-state index >= 15 is 0 Å². The molecule has 96 valence electrons. The van der Waals surface area contributed by atoms with E-state index in [4.69, 9.17) is 4.74 Å². The smallest absolute Gasteiger partial charge is 0.146 e. The average molecular weight is 241 g/mol. The van der Waals surface area contributed by atoms with Crippen molar-refractivity contribution in [3.8, 4) is 0 Å². The fraction of sp³-hybridized carbons (Fsp3) is 0.538. The van der Waals surface area contributed by atoms with Gasteiger partial charge in [0.25, 0.3) is 0 Å². The summed E-state index contributed by atoms with van der Waals surface area (Å²) in [7, 11) is 1.62. The molecule has 17 heavy (non-hydrogen) atoms. The maximum atomic E-state index is 13.9. The van der Waals surface area contributed by atoms with E-state index in [1.807, 2.05) is 18.7 Å². The molecule has 0 saturated carbocycles. The summed E-state index contributed by atoms with van der Waals surface area (Å²) in [4.78, 5) is 1.91. The molecular formula is C13H20FNO2. The van der Waals surface area contributed by atoms with E-state index in [0.29, 0.717) is 24.4 Å². The van der Waals surface area contributed by atoms with Gasteiger partial charge in [-0.2, -0.15) is 0 Å². The van der Waals surface area contributed by atoms with Crippen molar-refractivity contribution in [3.05, 3.63) is 29.6 Å². The molecule has 3 nitrogen and oxygen atoms in total. The van der Waals surface area contributed by atoms with Gasteiger partial charge in [-0.25, -0.2) is 4.39 Å². The second-order valence-electron chi connectivity index (χ2n) is 4.19. The fourth-order valence-corrected chi connectivity index (χ4v) is 1.83. The van der Waals surface area contributed by atoms with Gasteiger partial charge in [-0.3, -0.25) is 0 Å². The number of aliphatic hydroxyl groups excluding tert-OH is 1. The van der Waals surface area contributed by atoms with Crippen molar-refractivity contribution in [1.82, 2.24) is 0 Å². The van der Waals surface area contributed by atoms with Gasteiger partial charge in [0.05, 0.1) is 18.9 Å².